The van der Waals surface area contributed by atoms with Crippen LogP contribution in [0.25, 0.3) is 0 Å². The number of ether oxygens (including phenoxy) is 1. The Bertz CT molecular complexity index is 419. The Morgan fingerprint density at radius 2 is 2.21 bits per heavy atom. The monoisotopic (exact) mass is 264 g/mol. The van der Waals surface area contributed by atoms with Crippen LogP contribution < -0.4 is 10.1 Å². The number of hydrogen-bond donors (Lipinski definition) is 2. The Morgan fingerprint density at radius 1 is 1.47 bits per heavy atom. The predicted molar refractivity (Wildman–Crippen MR) is 72.3 cm³/mol. The van der Waals surface area contributed by atoms with Crippen LogP contribution in [-0.2, 0) is 11.3 Å². The van der Waals surface area contributed by atoms with E-state index in [-0.39, 0.29) is 6.61 Å². The number of likely N-dealkylation sites (N-methyl/N-ethyl adjacent to an activating group) is 1. The van der Waals surface area contributed by atoms with Crippen LogP contribution >= 0.6 is 0 Å². The van der Waals surface area contributed by atoms with E-state index in [1.165, 1.54) is 12.0 Å². The second-order valence-corrected chi connectivity index (χ2v) is 4.84. The number of carbonyl (C=O) groups is 1. The third kappa shape index (κ3) is 4.22. The summed E-state index contributed by atoms with van der Waals surface area (Å²) in [6.45, 7) is 2.82. The van der Waals surface area contributed by atoms with Gasteiger partial charge in [0.1, 0.15) is 5.75 Å². The van der Waals surface area contributed by atoms with Crippen molar-refractivity contribution in [2.24, 2.45) is 0 Å². The fourth-order valence-electron chi connectivity index (χ4n) is 2.31. The Labute approximate surface area is 113 Å². The molecule has 1 aliphatic heterocycles. The zero-order valence-electron chi connectivity index (χ0n) is 11.1. The molecule has 2 rings (SSSR count). The van der Waals surface area contributed by atoms with Crippen molar-refractivity contribution in [1.82, 2.24) is 10.2 Å². The Kier molecular flexibility index (Phi) is 4.76. The number of carboxylic acid groups (broad SMARTS) is 1. The highest BCUT2D eigenvalue weighted by molar-refractivity contribution is 5.68. The van der Waals surface area contributed by atoms with Crippen LogP contribution in [0.5, 0.6) is 5.75 Å². The number of rotatable bonds is 6. The van der Waals surface area contributed by atoms with Gasteiger partial charge in [-0.15, -0.1) is 0 Å². The van der Waals surface area contributed by atoms with Gasteiger partial charge in [-0.3, -0.25) is 4.90 Å². The molecule has 2 N–H and O–H groups in total. The molecule has 1 heterocycles. The maximum Gasteiger partial charge on any atom is 0.341 e. The van der Waals surface area contributed by atoms with Crippen molar-refractivity contribution in [3.05, 3.63) is 29.8 Å². The van der Waals surface area contributed by atoms with Crippen molar-refractivity contribution in [3.8, 4) is 5.75 Å². The molecule has 0 radical (unpaired) electrons. The van der Waals surface area contributed by atoms with Gasteiger partial charge in [0.15, 0.2) is 6.61 Å². The van der Waals surface area contributed by atoms with Crippen molar-refractivity contribution < 1.29 is 14.6 Å². The SMILES string of the molecule is CN[C@H]1CCN(Cc2ccc(OCC(=O)O)cc2)C1. The average molecular weight is 264 g/mol. The summed E-state index contributed by atoms with van der Waals surface area (Å²) < 4.78 is 5.10. The first kappa shape index (κ1) is 13.8. The van der Waals surface area contributed by atoms with Crippen molar-refractivity contribution in [1.29, 1.82) is 0 Å². The smallest absolute Gasteiger partial charge is 0.341 e. The summed E-state index contributed by atoms with van der Waals surface area (Å²) in [5.41, 5.74) is 1.22. The molecular formula is C14H20N2O3. The topological polar surface area (TPSA) is 61.8 Å². The minimum Gasteiger partial charge on any atom is -0.482 e. The first-order valence-electron chi connectivity index (χ1n) is 6.50. The Morgan fingerprint density at radius 3 is 2.79 bits per heavy atom. The van der Waals surface area contributed by atoms with Gasteiger partial charge >= 0.3 is 5.97 Å². The lowest BCUT2D eigenvalue weighted by atomic mass is 10.2. The van der Waals surface area contributed by atoms with Gasteiger partial charge in [-0.05, 0) is 31.2 Å². The largest absolute Gasteiger partial charge is 0.482 e. The minimum atomic E-state index is -0.959. The molecule has 0 amide bonds. The maximum atomic E-state index is 10.4. The van der Waals surface area contributed by atoms with Crippen LogP contribution in [-0.4, -0.2) is 48.8 Å². The summed E-state index contributed by atoms with van der Waals surface area (Å²) in [5, 5.41) is 11.8. The van der Waals surface area contributed by atoms with Crippen LogP contribution in [0.15, 0.2) is 24.3 Å². The van der Waals surface area contributed by atoms with Gasteiger partial charge in [0, 0.05) is 25.7 Å². The highest BCUT2D eigenvalue weighted by Gasteiger charge is 2.20. The number of likely N-dealkylation sites (tertiary alicyclic amines) is 1. The molecule has 1 atom stereocenters. The van der Waals surface area contributed by atoms with E-state index >= 15 is 0 Å². The zero-order valence-corrected chi connectivity index (χ0v) is 11.1. The lowest BCUT2D eigenvalue weighted by Gasteiger charge is -2.16. The van der Waals surface area contributed by atoms with Crippen molar-refractivity contribution in [2.75, 3.05) is 26.7 Å². The van der Waals surface area contributed by atoms with E-state index in [1.807, 2.05) is 31.3 Å². The second kappa shape index (κ2) is 6.54. The van der Waals surface area contributed by atoms with Crippen molar-refractivity contribution in [2.45, 2.75) is 19.0 Å². The molecule has 1 aliphatic rings. The van der Waals surface area contributed by atoms with Gasteiger partial charge < -0.3 is 15.2 Å². The molecular weight excluding hydrogens is 244 g/mol. The molecule has 0 bridgehead atoms. The summed E-state index contributed by atoms with van der Waals surface area (Å²) in [7, 11) is 2.00. The Balaban J connectivity index is 1.83. The molecule has 5 nitrogen and oxygen atoms in total. The number of aliphatic carboxylic acids is 1. The highest BCUT2D eigenvalue weighted by atomic mass is 16.5. The fourth-order valence-corrected chi connectivity index (χ4v) is 2.31. The number of carboxylic acids is 1. The summed E-state index contributed by atoms with van der Waals surface area (Å²) >= 11 is 0. The molecule has 0 saturated carbocycles. The summed E-state index contributed by atoms with van der Waals surface area (Å²) in [5.74, 6) is -0.361. The van der Waals surface area contributed by atoms with Crippen LogP contribution in [0.2, 0.25) is 0 Å². The van der Waals surface area contributed by atoms with E-state index in [1.54, 1.807) is 0 Å². The molecule has 104 valence electrons. The van der Waals surface area contributed by atoms with Crippen LogP contribution in [0, 0.1) is 0 Å². The first-order chi connectivity index (χ1) is 9.17. The molecule has 1 saturated heterocycles. The molecule has 1 fully saturated rings. The van der Waals surface area contributed by atoms with Gasteiger partial charge in [-0.2, -0.15) is 0 Å². The number of nitrogens with one attached hydrogen (secondary N) is 1. The van der Waals surface area contributed by atoms with Gasteiger partial charge in [0.25, 0.3) is 0 Å². The van der Waals surface area contributed by atoms with Gasteiger partial charge in [0.05, 0.1) is 0 Å². The number of hydrogen-bond acceptors (Lipinski definition) is 4. The van der Waals surface area contributed by atoms with E-state index in [4.69, 9.17) is 9.84 Å². The van der Waals surface area contributed by atoms with Crippen LogP contribution in [0.3, 0.4) is 0 Å². The van der Waals surface area contributed by atoms with Crippen LogP contribution in [0.4, 0.5) is 0 Å². The molecule has 5 heteroatoms. The third-order valence-electron chi connectivity index (χ3n) is 3.37. The minimum absolute atomic E-state index is 0.296. The Hall–Kier alpha value is -1.59. The second-order valence-electron chi connectivity index (χ2n) is 4.84. The lowest BCUT2D eigenvalue weighted by Crippen LogP contribution is -2.29. The summed E-state index contributed by atoms with van der Waals surface area (Å²) in [6.07, 6.45) is 1.19. The third-order valence-corrected chi connectivity index (χ3v) is 3.37. The first-order valence-corrected chi connectivity index (χ1v) is 6.50. The van der Waals surface area contributed by atoms with Crippen molar-refractivity contribution in [3.63, 3.8) is 0 Å². The standard InChI is InChI=1S/C14H20N2O3/c1-15-12-6-7-16(9-12)8-11-2-4-13(5-3-11)19-10-14(17)18/h2-5,12,15H,6-10H2,1H3,(H,17,18)/t12-/m0/s1. The highest BCUT2D eigenvalue weighted by Crippen LogP contribution is 2.16. The molecule has 0 spiro atoms. The summed E-state index contributed by atoms with van der Waals surface area (Å²) in [4.78, 5) is 12.8. The molecule has 19 heavy (non-hydrogen) atoms. The average Bonchev–Trinajstić information content (AvgIpc) is 2.85. The van der Waals surface area contributed by atoms with Crippen LogP contribution in [0.1, 0.15) is 12.0 Å². The molecule has 0 aromatic heterocycles. The molecule has 1 aromatic carbocycles. The van der Waals surface area contributed by atoms with Gasteiger partial charge in [-0.25, -0.2) is 4.79 Å². The van der Waals surface area contributed by atoms with E-state index in [2.05, 4.69) is 10.2 Å². The normalized spacial score (nSPS) is 19.5. The maximum absolute atomic E-state index is 10.4. The van der Waals surface area contributed by atoms with Gasteiger partial charge in [0.2, 0.25) is 0 Å². The van der Waals surface area contributed by atoms with E-state index < -0.39 is 5.97 Å². The number of benzene rings is 1. The predicted octanol–water partition coefficient (Wildman–Crippen LogP) is 0.944. The number of nitrogens with zero attached hydrogens (tertiary/aromatic N) is 1. The van der Waals surface area contributed by atoms with Gasteiger partial charge in [-0.1, -0.05) is 12.1 Å². The molecule has 1 aromatic rings. The van der Waals surface area contributed by atoms with E-state index in [9.17, 15) is 4.79 Å². The zero-order chi connectivity index (χ0) is 13.7. The lowest BCUT2D eigenvalue weighted by molar-refractivity contribution is -0.139. The van der Waals surface area contributed by atoms with E-state index in [0.717, 1.165) is 19.6 Å². The quantitative estimate of drug-likeness (QED) is 0.801. The van der Waals surface area contributed by atoms with Crippen molar-refractivity contribution >= 4 is 5.97 Å². The van der Waals surface area contributed by atoms with E-state index in [0.29, 0.717) is 11.8 Å². The summed E-state index contributed by atoms with van der Waals surface area (Å²) in [6, 6.07) is 8.22. The fraction of sp³-hybridized carbons (Fsp3) is 0.500. The molecule has 0 unspecified atom stereocenters. The molecule has 0 aliphatic carbocycles.